The SMILES string of the molecule is C=CC(=O)Cc1ccc(N=[N+]=[N-])cc1. The number of rotatable bonds is 4. The number of hydrogen-bond donors (Lipinski definition) is 0. The van der Waals surface area contributed by atoms with Crippen LogP contribution in [0.4, 0.5) is 5.69 Å². The van der Waals surface area contributed by atoms with Crippen molar-refractivity contribution in [3.05, 3.63) is 52.9 Å². The quantitative estimate of drug-likeness (QED) is 0.309. The maximum atomic E-state index is 11.0. The number of nitrogens with zero attached hydrogens (tertiary/aromatic N) is 3. The molecular weight excluding hydrogens is 178 g/mol. The molecule has 0 bridgehead atoms. The van der Waals surface area contributed by atoms with Gasteiger partial charge in [0.25, 0.3) is 0 Å². The summed E-state index contributed by atoms with van der Waals surface area (Å²) in [6, 6.07) is 6.85. The average Bonchev–Trinajstić information content (AvgIpc) is 2.21. The van der Waals surface area contributed by atoms with E-state index in [0.29, 0.717) is 12.1 Å². The summed E-state index contributed by atoms with van der Waals surface area (Å²) in [4.78, 5) is 13.6. The monoisotopic (exact) mass is 187 g/mol. The lowest BCUT2D eigenvalue weighted by Gasteiger charge is -1.97. The summed E-state index contributed by atoms with van der Waals surface area (Å²) in [5.41, 5.74) is 9.59. The molecule has 0 radical (unpaired) electrons. The summed E-state index contributed by atoms with van der Waals surface area (Å²) < 4.78 is 0. The fourth-order valence-electron chi connectivity index (χ4n) is 1.01. The summed E-state index contributed by atoms with van der Waals surface area (Å²) in [5, 5.41) is 3.42. The van der Waals surface area contributed by atoms with E-state index in [1.165, 1.54) is 6.08 Å². The van der Waals surface area contributed by atoms with E-state index in [9.17, 15) is 4.79 Å². The molecule has 0 aliphatic carbocycles. The number of carbonyl (C=O) groups is 1. The Morgan fingerprint density at radius 1 is 1.50 bits per heavy atom. The normalized spacial score (nSPS) is 8.86. The first-order valence-electron chi connectivity index (χ1n) is 4.05. The van der Waals surface area contributed by atoms with Crippen LogP contribution in [-0.2, 0) is 11.2 Å². The largest absolute Gasteiger partial charge is 0.295 e. The third kappa shape index (κ3) is 2.77. The number of carbonyl (C=O) groups excluding carboxylic acids is 1. The highest BCUT2D eigenvalue weighted by Gasteiger charge is 1.98. The first-order chi connectivity index (χ1) is 6.76. The highest BCUT2D eigenvalue weighted by Crippen LogP contribution is 2.13. The molecule has 0 aliphatic heterocycles. The smallest absolute Gasteiger partial charge is 0.159 e. The lowest BCUT2D eigenvalue weighted by Crippen LogP contribution is -1.96. The lowest BCUT2D eigenvalue weighted by atomic mass is 10.1. The second-order valence-corrected chi connectivity index (χ2v) is 2.70. The number of ketones is 1. The van der Waals surface area contributed by atoms with Crippen molar-refractivity contribution in [1.82, 2.24) is 0 Å². The molecule has 1 aromatic carbocycles. The number of benzene rings is 1. The molecule has 1 rings (SSSR count). The van der Waals surface area contributed by atoms with Gasteiger partial charge in [-0.2, -0.15) is 0 Å². The van der Waals surface area contributed by atoms with Gasteiger partial charge in [-0.3, -0.25) is 4.79 Å². The molecule has 0 fully saturated rings. The topological polar surface area (TPSA) is 65.8 Å². The molecule has 14 heavy (non-hydrogen) atoms. The minimum Gasteiger partial charge on any atom is -0.295 e. The van der Waals surface area contributed by atoms with Gasteiger partial charge in [-0.1, -0.05) is 36.0 Å². The molecule has 0 saturated heterocycles. The van der Waals surface area contributed by atoms with E-state index in [2.05, 4.69) is 16.6 Å². The van der Waals surface area contributed by atoms with Gasteiger partial charge in [-0.25, -0.2) is 0 Å². The fourth-order valence-corrected chi connectivity index (χ4v) is 1.01. The summed E-state index contributed by atoms with van der Waals surface area (Å²) in [5.74, 6) is -0.0264. The van der Waals surface area contributed by atoms with Crippen LogP contribution >= 0.6 is 0 Å². The zero-order valence-corrected chi connectivity index (χ0v) is 7.55. The molecule has 0 spiro atoms. The zero-order chi connectivity index (χ0) is 10.4. The van der Waals surface area contributed by atoms with Crippen molar-refractivity contribution < 1.29 is 4.79 Å². The van der Waals surface area contributed by atoms with Gasteiger partial charge in [0.1, 0.15) is 0 Å². The molecule has 0 unspecified atom stereocenters. The Kier molecular flexibility index (Phi) is 3.47. The molecule has 1 aromatic rings. The molecule has 70 valence electrons. The van der Waals surface area contributed by atoms with E-state index < -0.39 is 0 Å². The summed E-state index contributed by atoms with van der Waals surface area (Å²) in [7, 11) is 0. The predicted octanol–water partition coefficient (Wildman–Crippen LogP) is 2.93. The first-order valence-corrected chi connectivity index (χ1v) is 4.05. The third-order valence-corrected chi connectivity index (χ3v) is 1.70. The average molecular weight is 187 g/mol. The number of hydrogen-bond acceptors (Lipinski definition) is 2. The predicted molar refractivity (Wildman–Crippen MR) is 54.2 cm³/mol. The highest BCUT2D eigenvalue weighted by molar-refractivity contribution is 5.90. The molecule has 0 aromatic heterocycles. The van der Waals surface area contributed by atoms with Crippen LogP contribution in [0.1, 0.15) is 5.56 Å². The lowest BCUT2D eigenvalue weighted by molar-refractivity contribution is -0.114. The van der Waals surface area contributed by atoms with Crippen LogP contribution in [0.3, 0.4) is 0 Å². The maximum absolute atomic E-state index is 11.0. The Hall–Kier alpha value is -2.06. The standard InChI is InChI=1S/C10H9N3O/c1-2-10(14)7-8-3-5-9(6-4-8)12-13-11/h2-6H,1,7H2. The van der Waals surface area contributed by atoms with Crippen molar-refractivity contribution in [3.63, 3.8) is 0 Å². The van der Waals surface area contributed by atoms with Gasteiger partial charge in [-0.05, 0) is 17.2 Å². The highest BCUT2D eigenvalue weighted by atomic mass is 16.1. The fraction of sp³-hybridized carbons (Fsp3) is 0.100. The Morgan fingerprint density at radius 2 is 2.14 bits per heavy atom. The van der Waals surface area contributed by atoms with E-state index in [1.807, 2.05) is 0 Å². The van der Waals surface area contributed by atoms with Crippen molar-refractivity contribution in [2.24, 2.45) is 5.11 Å². The van der Waals surface area contributed by atoms with Crippen LogP contribution in [0.5, 0.6) is 0 Å². The van der Waals surface area contributed by atoms with Gasteiger partial charge >= 0.3 is 0 Å². The Bertz CT molecular complexity index is 388. The van der Waals surface area contributed by atoms with Crippen LogP contribution in [0, 0.1) is 0 Å². The van der Waals surface area contributed by atoms with Crippen molar-refractivity contribution in [2.75, 3.05) is 0 Å². The van der Waals surface area contributed by atoms with E-state index in [1.54, 1.807) is 24.3 Å². The summed E-state index contributed by atoms with van der Waals surface area (Å²) >= 11 is 0. The van der Waals surface area contributed by atoms with Crippen LogP contribution in [0.25, 0.3) is 10.4 Å². The van der Waals surface area contributed by atoms with Crippen LogP contribution < -0.4 is 0 Å². The molecule has 0 N–H and O–H groups in total. The molecule has 0 atom stereocenters. The molecular formula is C10H9N3O. The van der Waals surface area contributed by atoms with Gasteiger partial charge in [0.05, 0.1) is 0 Å². The van der Waals surface area contributed by atoms with Crippen molar-refractivity contribution in [2.45, 2.75) is 6.42 Å². The van der Waals surface area contributed by atoms with Crippen molar-refractivity contribution >= 4 is 11.5 Å². The molecule has 0 saturated carbocycles. The summed E-state index contributed by atoms with van der Waals surface area (Å²) in [6.07, 6.45) is 1.63. The minimum atomic E-state index is -0.0264. The molecule has 0 heterocycles. The van der Waals surface area contributed by atoms with Crippen molar-refractivity contribution in [3.8, 4) is 0 Å². The summed E-state index contributed by atoms with van der Waals surface area (Å²) in [6.45, 7) is 3.39. The Labute approximate surface area is 81.5 Å². The number of allylic oxidation sites excluding steroid dienone is 1. The first kappa shape index (κ1) is 10.0. The second-order valence-electron chi connectivity index (χ2n) is 2.70. The minimum absolute atomic E-state index is 0.0264. The molecule has 4 nitrogen and oxygen atoms in total. The molecule has 0 aliphatic rings. The Balaban J connectivity index is 2.77. The molecule has 0 amide bonds. The van der Waals surface area contributed by atoms with Gasteiger partial charge in [0.15, 0.2) is 5.78 Å². The van der Waals surface area contributed by atoms with E-state index in [-0.39, 0.29) is 5.78 Å². The Morgan fingerprint density at radius 3 is 2.64 bits per heavy atom. The van der Waals surface area contributed by atoms with Crippen LogP contribution in [0.15, 0.2) is 42.0 Å². The van der Waals surface area contributed by atoms with Gasteiger partial charge in [-0.15, -0.1) is 0 Å². The van der Waals surface area contributed by atoms with Gasteiger partial charge in [0.2, 0.25) is 0 Å². The second kappa shape index (κ2) is 4.84. The van der Waals surface area contributed by atoms with E-state index in [0.717, 1.165) is 5.56 Å². The van der Waals surface area contributed by atoms with Crippen molar-refractivity contribution in [1.29, 1.82) is 0 Å². The number of azide groups is 1. The zero-order valence-electron chi connectivity index (χ0n) is 7.55. The third-order valence-electron chi connectivity index (χ3n) is 1.70. The van der Waals surface area contributed by atoms with E-state index in [4.69, 9.17) is 5.53 Å². The van der Waals surface area contributed by atoms with Gasteiger partial charge in [0, 0.05) is 17.0 Å². The van der Waals surface area contributed by atoms with Gasteiger partial charge < -0.3 is 0 Å². The van der Waals surface area contributed by atoms with E-state index >= 15 is 0 Å². The van der Waals surface area contributed by atoms with Crippen LogP contribution in [-0.4, -0.2) is 5.78 Å². The maximum Gasteiger partial charge on any atom is 0.159 e. The van der Waals surface area contributed by atoms with Crippen LogP contribution in [0.2, 0.25) is 0 Å². The molecule has 4 heteroatoms.